The number of nitrogens with one attached hydrogen (secondary N) is 1. The van der Waals surface area contributed by atoms with E-state index in [2.05, 4.69) is 10.4 Å². The number of nitrogens with zero attached hydrogens (tertiary/aromatic N) is 3. The van der Waals surface area contributed by atoms with Crippen LogP contribution in [0.25, 0.3) is 0 Å². The summed E-state index contributed by atoms with van der Waals surface area (Å²) in [6, 6.07) is 2.02. The third kappa shape index (κ3) is 4.61. The highest BCUT2D eigenvalue weighted by molar-refractivity contribution is 5.85. The number of aromatic nitrogens is 2. The van der Waals surface area contributed by atoms with E-state index in [0.29, 0.717) is 12.0 Å². The van der Waals surface area contributed by atoms with E-state index in [1.165, 1.54) is 12.8 Å². The van der Waals surface area contributed by atoms with E-state index in [0.717, 1.165) is 50.4 Å². The van der Waals surface area contributed by atoms with Gasteiger partial charge in [0, 0.05) is 18.8 Å². The summed E-state index contributed by atoms with van der Waals surface area (Å²) in [6.45, 7) is 8.47. The van der Waals surface area contributed by atoms with Crippen molar-refractivity contribution < 1.29 is 4.79 Å². The van der Waals surface area contributed by atoms with E-state index >= 15 is 0 Å². The molecule has 2 aliphatic heterocycles. The van der Waals surface area contributed by atoms with E-state index in [1.807, 2.05) is 29.5 Å². The maximum atomic E-state index is 12.5. The smallest absolute Gasteiger partial charge is 0.244 e. The van der Waals surface area contributed by atoms with Gasteiger partial charge in [-0.25, -0.2) is 0 Å². The lowest BCUT2D eigenvalue weighted by Crippen LogP contribution is -2.48. The molecule has 23 heavy (non-hydrogen) atoms. The van der Waals surface area contributed by atoms with Crippen molar-refractivity contribution in [2.75, 3.05) is 26.2 Å². The summed E-state index contributed by atoms with van der Waals surface area (Å²) in [5.41, 5.74) is 2.54. The first-order valence-electron chi connectivity index (χ1n) is 8.08. The van der Waals surface area contributed by atoms with Gasteiger partial charge in [0.05, 0.1) is 5.69 Å². The van der Waals surface area contributed by atoms with Crippen LogP contribution < -0.4 is 5.32 Å². The zero-order chi connectivity index (χ0) is 14.9. The molecule has 132 valence electrons. The summed E-state index contributed by atoms with van der Waals surface area (Å²) < 4.78 is 1.83. The molecule has 0 aliphatic carbocycles. The Morgan fingerprint density at radius 2 is 1.78 bits per heavy atom. The summed E-state index contributed by atoms with van der Waals surface area (Å²) in [4.78, 5) is 14.5. The molecule has 7 heteroatoms. The fourth-order valence-electron chi connectivity index (χ4n) is 3.75. The number of rotatable bonds is 2. The maximum Gasteiger partial charge on any atom is 0.244 e. The van der Waals surface area contributed by atoms with Crippen LogP contribution >= 0.6 is 24.8 Å². The first-order valence-corrected chi connectivity index (χ1v) is 8.08. The van der Waals surface area contributed by atoms with Crippen molar-refractivity contribution in [3.8, 4) is 0 Å². The van der Waals surface area contributed by atoms with E-state index in [4.69, 9.17) is 0 Å². The van der Waals surface area contributed by atoms with Crippen molar-refractivity contribution >= 4 is 30.7 Å². The molecule has 3 heterocycles. The molecule has 2 fully saturated rings. The lowest BCUT2D eigenvalue weighted by atomic mass is 9.71. The highest BCUT2D eigenvalue weighted by Crippen LogP contribution is 2.39. The van der Waals surface area contributed by atoms with Gasteiger partial charge in [-0.15, -0.1) is 24.8 Å². The number of aryl methyl sites for hydroxylation is 2. The maximum absolute atomic E-state index is 12.5. The minimum absolute atomic E-state index is 0. The van der Waals surface area contributed by atoms with Crippen LogP contribution in [-0.2, 0) is 11.3 Å². The Kier molecular flexibility index (Phi) is 7.36. The molecule has 1 spiro atoms. The summed E-state index contributed by atoms with van der Waals surface area (Å²) in [7, 11) is 0. The highest BCUT2D eigenvalue weighted by atomic mass is 35.5. The Morgan fingerprint density at radius 3 is 2.30 bits per heavy atom. The molecule has 3 rings (SSSR count). The third-order valence-corrected chi connectivity index (χ3v) is 5.23. The fraction of sp³-hybridized carbons (Fsp3) is 0.750. The molecule has 5 nitrogen and oxygen atoms in total. The van der Waals surface area contributed by atoms with Crippen molar-refractivity contribution in [1.29, 1.82) is 0 Å². The van der Waals surface area contributed by atoms with Crippen molar-refractivity contribution in [2.24, 2.45) is 5.41 Å². The van der Waals surface area contributed by atoms with Crippen LogP contribution in [0.1, 0.15) is 37.1 Å². The molecule has 0 bridgehead atoms. The van der Waals surface area contributed by atoms with E-state index in [9.17, 15) is 4.79 Å². The predicted molar refractivity (Wildman–Crippen MR) is 96.5 cm³/mol. The van der Waals surface area contributed by atoms with Crippen molar-refractivity contribution in [1.82, 2.24) is 20.0 Å². The quantitative estimate of drug-likeness (QED) is 0.878. The number of piperidine rings is 2. The van der Waals surface area contributed by atoms with Crippen LogP contribution in [0.5, 0.6) is 0 Å². The van der Waals surface area contributed by atoms with Crippen molar-refractivity contribution in [2.45, 2.75) is 46.1 Å². The number of halogens is 2. The average molecular weight is 363 g/mol. The SMILES string of the molecule is Cc1cc(C)n(CC(=O)N2CCC3(CCNCC3)CC2)n1.Cl.Cl. The zero-order valence-electron chi connectivity index (χ0n) is 14.0. The van der Waals surface area contributed by atoms with Gasteiger partial charge in [-0.05, 0) is 64.1 Å². The van der Waals surface area contributed by atoms with Gasteiger partial charge in [-0.1, -0.05) is 0 Å². The standard InChI is InChI=1S/C16H26N4O.2ClH/c1-13-11-14(2)20(18-13)12-15(21)19-9-5-16(6-10-19)3-7-17-8-4-16;;/h11,17H,3-10,12H2,1-2H3;2*1H. The number of carbonyl (C=O) groups is 1. The van der Waals surface area contributed by atoms with Crippen LogP contribution in [0, 0.1) is 19.3 Å². The molecular weight excluding hydrogens is 335 g/mol. The van der Waals surface area contributed by atoms with Gasteiger partial charge >= 0.3 is 0 Å². The molecule has 2 aliphatic rings. The number of carbonyl (C=O) groups excluding carboxylic acids is 1. The number of amides is 1. The second-order valence-corrected chi connectivity index (χ2v) is 6.72. The molecule has 1 aromatic rings. The zero-order valence-corrected chi connectivity index (χ0v) is 15.6. The molecule has 1 amide bonds. The van der Waals surface area contributed by atoms with Crippen LogP contribution in [0.15, 0.2) is 6.07 Å². The Labute approximate surface area is 151 Å². The number of hydrogen-bond donors (Lipinski definition) is 1. The van der Waals surface area contributed by atoms with Crippen LogP contribution in [-0.4, -0.2) is 46.8 Å². The molecule has 1 N–H and O–H groups in total. The van der Waals surface area contributed by atoms with Crippen LogP contribution in [0.3, 0.4) is 0 Å². The van der Waals surface area contributed by atoms with Gasteiger partial charge in [0.2, 0.25) is 5.91 Å². The minimum Gasteiger partial charge on any atom is -0.341 e. The molecule has 0 radical (unpaired) electrons. The average Bonchev–Trinajstić information content (AvgIpc) is 2.78. The summed E-state index contributed by atoms with van der Waals surface area (Å²) in [5.74, 6) is 0.213. The highest BCUT2D eigenvalue weighted by Gasteiger charge is 2.36. The van der Waals surface area contributed by atoms with Gasteiger partial charge in [0.15, 0.2) is 0 Å². The molecular formula is C16H28Cl2N4O. The topological polar surface area (TPSA) is 50.2 Å². The Balaban J connectivity index is 0.00000132. The van der Waals surface area contributed by atoms with Crippen LogP contribution in [0.2, 0.25) is 0 Å². The molecule has 0 saturated carbocycles. The molecule has 1 aromatic heterocycles. The van der Waals surface area contributed by atoms with Gasteiger partial charge < -0.3 is 10.2 Å². The summed E-state index contributed by atoms with van der Waals surface area (Å²) in [6.07, 6.45) is 4.87. The lowest BCUT2D eigenvalue weighted by molar-refractivity contribution is -0.134. The molecule has 0 aromatic carbocycles. The third-order valence-electron chi connectivity index (χ3n) is 5.23. The largest absolute Gasteiger partial charge is 0.341 e. The van der Waals surface area contributed by atoms with Gasteiger partial charge in [0.1, 0.15) is 6.54 Å². The predicted octanol–water partition coefficient (Wildman–Crippen LogP) is 2.34. The first kappa shape index (κ1) is 20.3. The number of hydrogen-bond acceptors (Lipinski definition) is 3. The van der Waals surface area contributed by atoms with Crippen molar-refractivity contribution in [3.63, 3.8) is 0 Å². The van der Waals surface area contributed by atoms with Gasteiger partial charge in [0.25, 0.3) is 0 Å². The Hall–Kier alpha value is -0.780. The normalized spacial score (nSPS) is 19.8. The minimum atomic E-state index is 0. The number of likely N-dealkylation sites (tertiary alicyclic amines) is 1. The molecule has 0 unspecified atom stereocenters. The lowest BCUT2D eigenvalue weighted by Gasteiger charge is -2.44. The Morgan fingerprint density at radius 1 is 1.17 bits per heavy atom. The monoisotopic (exact) mass is 362 g/mol. The van der Waals surface area contributed by atoms with E-state index in [1.54, 1.807) is 0 Å². The fourth-order valence-corrected chi connectivity index (χ4v) is 3.75. The van der Waals surface area contributed by atoms with Crippen molar-refractivity contribution in [3.05, 3.63) is 17.5 Å². The van der Waals surface area contributed by atoms with E-state index < -0.39 is 0 Å². The second kappa shape index (κ2) is 8.36. The summed E-state index contributed by atoms with van der Waals surface area (Å²) in [5, 5.41) is 7.83. The van der Waals surface area contributed by atoms with Gasteiger partial charge in [-0.2, -0.15) is 5.10 Å². The molecule has 2 saturated heterocycles. The second-order valence-electron chi connectivity index (χ2n) is 6.72. The van der Waals surface area contributed by atoms with Gasteiger partial charge in [-0.3, -0.25) is 9.48 Å². The molecule has 0 atom stereocenters. The summed E-state index contributed by atoms with van der Waals surface area (Å²) >= 11 is 0. The van der Waals surface area contributed by atoms with Crippen LogP contribution in [0.4, 0.5) is 0 Å². The van der Waals surface area contributed by atoms with E-state index in [-0.39, 0.29) is 30.7 Å². The first-order chi connectivity index (χ1) is 10.1. The Bertz CT molecular complexity index is 516.